The molecule has 4 heteroatoms. The van der Waals surface area contributed by atoms with E-state index in [1.165, 1.54) is 25.5 Å². The quantitative estimate of drug-likeness (QED) is 0.645. The van der Waals surface area contributed by atoms with Crippen molar-refractivity contribution < 1.29 is 15.0 Å². The van der Waals surface area contributed by atoms with Gasteiger partial charge in [0, 0.05) is 23.9 Å². The highest BCUT2D eigenvalue weighted by atomic mass is 16.4. The van der Waals surface area contributed by atoms with Crippen LogP contribution in [0, 0.1) is 5.92 Å². The molecule has 0 aromatic carbocycles. The average molecular weight is 293 g/mol. The van der Waals surface area contributed by atoms with E-state index >= 15 is 0 Å². The van der Waals surface area contributed by atoms with E-state index in [1.54, 1.807) is 18.3 Å². The van der Waals surface area contributed by atoms with Crippen LogP contribution < -0.4 is 0 Å². The van der Waals surface area contributed by atoms with Crippen LogP contribution >= 0.6 is 0 Å². The Morgan fingerprint density at radius 2 is 2.00 bits per heavy atom. The summed E-state index contributed by atoms with van der Waals surface area (Å²) in [5.74, 6) is -1.48. The molecule has 2 N–H and O–H groups in total. The smallest absolute Gasteiger partial charge is 0.340 e. The van der Waals surface area contributed by atoms with Crippen LogP contribution in [0.3, 0.4) is 0 Å². The van der Waals surface area contributed by atoms with Crippen molar-refractivity contribution in [2.45, 2.75) is 64.4 Å². The van der Waals surface area contributed by atoms with E-state index in [2.05, 4.69) is 11.9 Å². The zero-order chi connectivity index (χ0) is 15.7. The number of aliphatic hydroxyl groups is 1. The molecule has 0 radical (unpaired) electrons. The van der Waals surface area contributed by atoms with Gasteiger partial charge in [-0.2, -0.15) is 0 Å². The van der Waals surface area contributed by atoms with Crippen LogP contribution in [0.1, 0.15) is 64.4 Å². The van der Waals surface area contributed by atoms with Crippen LogP contribution in [0.4, 0.5) is 0 Å². The maximum Gasteiger partial charge on any atom is 0.340 e. The third-order valence-corrected chi connectivity index (χ3v) is 4.17. The van der Waals surface area contributed by atoms with E-state index in [-0.39, 0.29) is 5.92 Å². The minimum absolute atomic E-state index is 0.291. The number of hydrogen-bond donors (Lipinski definition) is 2. The highest BCUT2D eigenvalue weighted by Gasteiger charge is 2.44. The maximum absolute atomic E-state index is 11.7. The number of hydrogen-bond acceptors (Lipinski definition) is 3. The maximum atomic E-state index is 11.7. The van der Waals surface area contributed by atoms with Gasteiger partial charge in [-0.3, -0.25) is 4.98 Å². The molecule has 0 saturated heterocycles. The zero-order valence-electron chi connectivity index (χ0n) is 13.1. The standard InChI is InChI=1S/C17H27NO3/c1-3-5-6-7-8-10-14(4-2)17(21,16(19)20)15-11-9-12-18-13-15/h9,11-14,21H,3-8,10H2,1-2H3,(H,19,20). The van der Waals surface area contributed by atoms with Crippen molar-refractivity contribution in [1.29, 1.82) is 0 Å². The number of unbranched alkanes of at least 4 members (excludes halogenated alkanes) is 4. The number of carbonyl (C=O) groups is 1. The molecule has 0 aliphatic carbocycles. The van der Waals surface area contributed by atoms with Gasteiger partial charge in [0.2, 0.25) is 0 Å². The molecule has 118 valence electrons. The van der Waals surface area contributed by atoms with E-state index in [0.717, 1.165) is 19.3 Å². The lowest BCUT2D eigenvalue weighted by molar-refractivity contribution is -0.167. The molecule has 1 rings (SSSR count). The normalized spacial score (nSPS) is 15.4. The van der Waals surface area contributed by atoms with Crippen molar-refractivity contribution in [3.63, 3.8) is 0 Å². The Labute approximate surface area is 127 Å². The predicted molar refractivity (Wildman–Crippen MR) is 82.9 cm³/mol. The largest absolute Gasteiger partial charge is 0.479 e. The van der Waals surface area contributed by atoms with Crippen molar-refractivity contribution in [2.75, 3.05) is 0 Å². The fourth-order valence-corrected chi connectivity index (χ4v) is 2.82. The molecule has 4 nitrogen and oxygen atoms in total. The Hall–Kier alpha value is -1.42. The summed E-state index contributed by atoms with van der Waals surface area (Å²) in [4.78, 5) is 15.6. The van der Waals surface area contributed by atoms with E-state index in [4.69, 9.17) is 0 Å². The molecule has 0 saturated carbocycles. The van der Waals surface area contributed by atoms with E-state index in [9.17, 15) is 15.0 Å². The number of aliphatic carboxylic acids is 1. The lowest BCUT2D eigenvalue weighted by Crippen LogP contribution is -2.43. The molecule has 0 spiro atoms. The molecule has 0 amide bonds. The number of aromatic nitrogens is 1. The Bertz CT molecular complexity index is 421. The SMILES string of the molecule is CCCCCCCC(CC)C(O)(C(=O)O)c1cccnc1. The van der Waals surface area contributed by atoms with Crippen molar-refractivity contribution in [1.82, 2.24) is 4.98 Å². The third kappa shape index (κ3) is 4.53. The van der Waals surface area contributed by atoms with Crippen LogP contribution in [0.5, 0.6) is 0 Å². The summed E-state index contributed by atoms with van der Waals surface area (Å²) in [6, 6.07) is 3.30. The summed E-state index contributed by atoms with van der Waals surface area (Å²) < 4.78 is 0. The fraction of sp³-hybridized carbons (Fsp3) is 0.647. The topological polar surface area (TPSA) is 70.4 Å². The number of carboxylic acids is 1. The zero-order valence-corrected chi connectivity index (χ0v) is 13.1. The Morgan fingerprint density at radius 3 is 2.52 bits per heavy atom. The van der Waals surface area contributed by atoms with Gasteiger partial charge in [0.05, 0.1) is 0 Å². The molecular formula is C17H27NO3. The van der Waals surface area contributed by atoms with Gasteiger partial charge in [0.1, 0.15) is 0 Å². The van der Waals surface area contributed by atoms with Gasteiger partial charge in [0.15, 0.2) is 5.60 Å². The van der Waals surface area contributed by atoms with Crippen LogP contribution in [-0.4, -0.2) is 21.2 Å². The van der Waals surface area contributed by atoms with Gasteiger partial charge in [-0.05, 0) is 18.9 Å². The highest BCUT2D eigenvalue weighted by molar-refractivity contribution is 5.79. The van der Waals surface area contributed by atoms with E-state index in [1.807, 2.05) is 6.92 Å². The minimum Gasteiger partial charge on any atom is -0.479 e. The summed E-state index contributed by atoms with van der Waals surface area (Å²) in [7, 11) is 0. The summed E-state index contributed by atoms with van der Waals surface area (Å²) in [6.45, 7) is 4.10. The van der Waals surface area contributed by atoms with Crippen molar-refractivity contribution in [2.24, 2.45) is 5.92 Å². The summed E-state index contributed by atoms with van der Waals surface area (Å²) in [5.41, 5.74) is -1.47. The van der Waals surface area contributed by atoms with Gasteiger partial charge >= 0.3 is 5.97 Å². The lowest BCUT2D eigenvalue weighted by atomic mass is 9.77. The number of rotatable bonds is 10. The molecule has 2 unspecified atom stereocenters. The van der Waals surface area contributed by atoms with Gasteiger partial charge in [-0.25, -0.2) is 4.79 Å². The van der Waals surface area contributed by atoms with Gasteiger partial charge < -0.3 is 10.2 Å². The lowest BCUT2D eigenvalue weighted by Gasteiger charge is -2.32. The molecule has 1 aromatic rings. The molecule has 2 atom stereocenters. The summed E-state index contributed by atoms with van der Waals surface area (Å²) in [5, 5.41) is 20.3. The third-order valence-electron chi connectivity index (χ3n) is 4.17. The molecular weight excluding hydrogens is 266 g/mol. The number of nitrogens with zero attached hydrogens (tertiary/aromatic N) is 1. The molecule has 21 heavy (non-hydrogen) atoms. The first-order valence-electron chi connectivity index (χ1n) is 7.93. The number of carboxylic acid groups (broad SMARTS) is 1. The summed E-state index contributed by atoms with van der Waals surface area (Å²) >= 11 is 0. The monoisotopic (exact) mass is 293 g/mol. The molecule has 0 aliphatic heterocycles. The fourth-order valence-electron chi connectivity index (χ4n) is 2.82. The molecule has 1 heterocycles. The second kappa shape index (κ2) is 8.78. The Kier molecular flexibility index (Phi) is 7.37. The first kappa shape index (κ1) is 17.6. The van der Waals surface area contributed by atoms with Crippen LogP contribution in [0.25, 0.3) is 0 Å². The molecule has 1 aromatic heterocycles. The van der Waals surface area contributed by atoms with Crippen molar-refractivity contribution in [3.8, 4) is 0 Å². The first-order valence-corrected chi connectivity index (χ1v) is 7.93. The minimum atomic E-state index is -1.84. The Morgan fingerprint density at radius 1 is 1.29 bits per heavy atom. The second-order valence-corrected chi connectivity index (χ2v) is 5.62. The van der Waals surface area contributed by atoms with Crippen LogP contribution in [-0.2, 0) is 10.4 Å². The predicted octanol–water partition coefficient (Wildman–Crippen LogP) is 3.74. The van der Waals surface area contributed by atoms with Gasteiger partial charge in [-0.1, -0.05) is 52.0 Å². The van der Waals surface area contributed by atoms with E-state index < -0.39 is 11.6 Å². The van der Waals surface area contributed by atoms with Gasteiger partial charge in [-0.15, -0.1) is 0 Å². The summed E-state index contributed by atoms with van der Waals surface area (Å²) in [6.07, 6.45) is 10.00. The first-order chi connectivity index (χ1) is 10.1. The van der Waals surface area contributed by atoms with Crippen molar-refractivity contribution >= 4 is 5.97 Å². The number of pyridine rings is 1. The Balaban J connectivity index is 2.79. The molecule has 0 aliphatic rings. The van der Waals surface area contributed by atoms with Crippen LogP contribution in [0.2, 0.25) is 0 Å². The molecule has 0 bridgehead atoms. The average Bonchev–Trinajstić information content (AvgIpc) is 2.51. The van der Waals surface area contributed by atoms with Crippen molar-refractivity contribution in [3.05, 3.63) is 30.1 Å². The second-order valence-electron chi connectivity index (χ2n) is 5.62. The van der Waals surface area contributed by atoms with Gasteiger partial charge in [0.25, 0.3) is 0 Å². The highest BCUT2D eigenvalue weighted by Crippen LogP contribution is 2.35. The van der Waals surface area contributed by atoms with E-state index in [0.29, 0.717) is 12.0 Å². The molecule has 0 fully saturated rings. The van der Waals surface area contributed by atoms with Crippen LogP contribution in [0.15, 0.2) is 24.5 Å².